The smallest absolute Gasteiger partial charge is 0.316 e. The van der Waals surface area contributed by atoms with Crippen LogP contribution in [0.1, 0.15) is 32.9 Å². The van der Waals surface area contributed by atoms with Crippen molar-refractivity contribution < 1.29 is 17.1 Å². The molecule has 0 spiro atoms. The minimum atomic E-state index is -3.46. The van der Waals surface area contributed by atoms with Crippen LogP contribution in [0.25, 0.3) is 0 Å². The zero-order valence-electron chi connectivity index (χ0n) is 14.8. The lowest BCUT2D eigenvalue weighted by molar-refractivity contribution is 0.116. The Morgan fingerprint density at radius 1 is 1.42 bits per heavy atom. The van der Waals surface area contributed by atoms with Crippen LogP contribution in [0, 0.1) is 0 Å². The minimum absolute atomic E-state index is 0.428. The highest BCUT2D eigenvalue weighted by Crippen LogP contribution is 2.13. The van der Waals surface area contributed by atoms with Crippen molar-refractivity contribution in [3.05, 3.63) is 16.9 Å². The Balaban J connectivity index is 3.47. The highest BCUT2D eigenvalue weighted by Gasteiger charge is 2.12. The molecule has 3 nitrogen and oxygen atoms in total. The second kappa shape index (κ2) is 3.39. The standard InChI is InChI=1S/C8H11BrN2O/c1-8(2,3)12-7-10-4-6(9)5-11-7/h4-5H,1-3H3/i1D3,2D3,3D3. The van der Waals surface area contributed by atoms with Crippen molar-refractivity contribution in [3.8, 4) is 6.01 Å². The fraction of sp³-hybridized carbons (Fsp3) is 0.500. The molecule has 1 rings (SSSR count). The number of aromatic nitrogens is 2. The van der Waals surface area contributed by atoms with Crippen LogP contribution in [-0.4, -0.2) is 15.6 Å². The molecule has 0 amide bonds. The molecule has 0 aliphatic carbocycles. The monoisotopic (exact) mass is 239 g/mol. The Bertz CT molecular complexity index is 456. The number of hydrogen-bond acceptors (Lipinski definition) is 3. The Morgan fingerprint density at radius 2 is 2.00 bits per heavy atom. The van der Waals surface area contributed by atoms with E-state index in [9.17, 15) is 0 Å². The first-order valence-corrected chi connectivity index (χ1v) is 3.68. The van der Waals surface area contributed by atoms with Gasteiger partial charge in [-0.3, -0.25) is 0 Å². The van der Waals surface area contributed by atoms with Crippen LogP contribution in [0.2, 0.25) is 0 Å². The Labute approximate surface area is 93.0 Å². The quantitative estimate of drug-likeness (QED) is 0.756. The van der Waals surface area contributed by atoms with E-state index in [1.165, 1.54) is 12.4 Å². The Kier molecular flexibility index (Phi) is 0.831. The third-order valence-corrected chi connectivity index (χ3v) is 1.25. The Morgan fingerprint density at radius 3 is 2.50 bits per heavy atom. The normalized spacial score (nSPS) is 25.6. The largest absolute Gasteiger partial charge is 0.458 e. The maximum absolute atomic E-state index is 7.36. The third-order valence-electron chi connectivity index (χ3n) is 0.841. The zero-order chi connectivity index (χ0) is 16.7. The second-order valence-corrected chi connectivity index (χ2v) is 2.88. The van der Waals surface area contributed by atoms with E-state index in [2.05, 4.69) is 25.9 Å². The molecule has 0 aliphatic heterocycles. The summed E-state index contributed by atoms with van der Waals surface area (Å²) in [5.74, 6) is 0. The summed E-state index contributed by atoms with van der Waals surface area (Å²) in [5.41, 5.74) is -3.43. The van der Waals surface area contributed by atoms with E-state index < -0.39 is 32.2 Å². The number of hydrogen-bond donors (Lipinski definition) is 0. The molecule has 0 N–H and O–H groups in total. The molecule has 0 unspecified atom stereocenters. The van der Waals surface area contributed by atoms with Crippen molar-refractivity contribution >= 4 is 15.9 Å². The van der Waals surface area contributed by atoms with Gasteiger partial charge in [-0.05, 0) is 36.5 Å². The van der Waals surface area contributed by atoms with Gasteiger partial charge in [0.05, 0.1) is 4.47 Å². The van der Waals surface area contributed by atoms with E-state index in [0.717, 1.165) is 0 Å². The van der Waals surface area contributed by atoms with Crippen LogP contribution < -0.4 is 4.74 Å². The molecular formula is C8H11BrN2O. The molecule has 0 atom stereocenters. The lowest BCUT2D eigenvalue weighted by Gasteiger charge is -2.18. The first-order valence-electron chi connectivity index (χ1n) is 7.39. The first-order chi connectivity index (χ1) is 9.22. The summed E-state index contributed by atoms with van der Waals surface area (Å²) < 4.78 is 71.5. The maximum atomic E-state index is 7.36. The fourth-order valence-corrected chi connectivity index (χ4v) is 0.695. The van der Waals surface area contributed by atoms with Gasteiger partial charge < -0.3 is 4.74 Å². The summed E-state index contributed by atoms with van der Waals surface area (Å²) >= 11 is 3.03. The second-order valence-electron chi connectivity index (χ2n) is 1.97. The first kappa shape index (κ1) is 2.94. The molecule has 1 aromatic heterocycles. The molecule has 0 radical (unpaired) electrons. The van der Waals surface area contributed by atoms with Crippen molar-refractivity contribution in [3.63, 3.8) is 0 Å². The van der Waals surface area contributed by atoms with E-state index in [-0.39, 0.29) is 0 Å². The van der Waals surface area contributed by atoms with Crippen molar-refractivity contribution in [2.75, 3.05) is 0 Å². The van der Waals surface area contributed by atoms with Gasteiger partial charge in [0, 0.05) is 24.7 Å². The van der Waals surface area contributed by atoms with Gasteiger partial charge in [-0.15, -0.1) is 0 Å². The van der Waals surface area contributed by atoms with Crippen molar-refractivity contribution in [2.24, 2.45) is 0 Å². The molecule has 12 heavy (non-hydrogen) atoms. The van der Waals surface area contributed by atoms with E-state index in [4.69, 9.17) is 17.1 Å². The molecule has 0 bridgehead atoms. The van der Waals surface area contributed by atoms with E-state index in [0.29, 0.717) is 4.47 Å². The van der Waals surface area contributed by atoms with Gasteiger partial charge in [0.2, 0.25) is 0 Å². The topological polar surface area (TPSA) is 35.0 Å². The van der Waals surface area contributed by atoms with E-state index in [1.54, 1.807) is 0 Å². The molecule has 0 aliphatic rings. The fourth-order valence-electron chi connectivity index (χ4n) is 0.490. The maximum Gasteiger partial charge on any atom is 0.316 e. The van der Waals surface area contributed by atoms with Crippen LogP contribution in [0.5, 0.6) is 6.01 Å². The summed E-state index contributed by atoms with van der Waals surface area (Å²) in [6.45, 7) is -10.4. The van der Waals surface area contributed by atoms with Crippen LogP contribution in [0.15, 0.2) is 16.9 Å². The van der Waals surface area contributed by atoms with E-state index in [1.807, 2.05) is 0 Å². The molecule has 1 heterocycles. The van der Waals surface area contributed by atoms with Gasteiger partial charge in [0.25, 0.3) is 0 Å². The lowest BCUT2D eigenvalue weighted by atomic mass is 10.2. The number of rotatable bonds is 1. The van der Waals surface area contributed by atoms with Crippen molar-refractivity contribution in [2.45, 2.75) is 26.2 Å². The van der Waals surface area contributed by atoms with Gasteiger partial charge in [-0.2, -0.15) is 0 Å². The lowest BCUT2D eigenvalue weighted by Crippen LogP contribution is -2.24. The van der Waals surface area contributed by atoms with Crippen LogP contribution >= 0.6 is 15.9 Å². The summed E-state index contributed by atoms with van der Waals surface area (Å²) in [6, 6.07) is -0.651. The van der Waals surface area contributed by atoms with Gasteiger partial charge in [0.15, 0.2) is 0 Å². The van der Waals surface area contributed by atoms with Crippen molar-refractivity contribution in [1.29, 1.82) is 0 Å². The summed E-state index contributed by atoms with van der Waals surface area (Å²) in [7, 11) is 0. The van der Waals surface area contributed by atoms with Gasteiger partial charge in [0.1, 0.15) is 5.60 Å². The highest BCUT2D eigenvalue weighted by molar-refractivity contribution is 9.10. The van der Waals surface area contributed by atoms with Crippen LogP contribution in [-0.2, 0) is 0 Å². The summed E-state index contributed by atoms with van der Waals surface area (Å²) in [4.78, 5) is 7.15. The Hall–Kier alpha value is -0.640. The average molecular weight is 240 g/mol. The SMILES string of the molecule is [2H]C([2H])([2H])C(Oc1ncc(Br)cn1)(C([2H])([2H])[2H])C([2H])([2H])[2H]. The summed E-state index contributed by atoms with van der Waals surface area (Å²) in [6.07, 6.45) is 2.34. The van der Waals surface area contributed by atoms with Gasteiger partial charge >= 0.3 is 6.01 Å². The molecule has 1 aromatic rings. The van der Waals surface area contributed by atoms with Gasteiger partial charge in [-0.1, -0.05) is 0 Å². The predicted octanol–water partition coefficient (Wildman–Crippen LogP) is 2.42. The molecular weight excluding hydrogens is 220 g/mol. The molecule has 66 valence electrons. The minimum Gasteiger partial charge on any atom is -0.458 e. The molecule has 0 fully saturated rings. The summed E-state index contributed by atoms with van der Waals surface area (Å²) in [5, 5.41) is 0. The number of nitrogens with zero attached hydrogens (tertiary/aromatic N) is 2. The molecule has 4 heteroatoms. The average Bonchev–Trinajstić information content (AvgIpc) is 2.22. The predicted molar refractivity (Wildman–Crippen MR) is 50.1 cm³/mol. The van der Waals surface area contributed by atoms with Gasteiger partial charge in [-0.25, -0.2) is 9.97 Å². The van der Waals surface area contributed by atoms with Crippen LogP contribution in [0.4, 0.5) is 0 Å². The van der Waals surface area contributed by atoms with Crippen LogP contribution in [0.3, 0.4) is 0 Å². The zero-order valence-corrected chi connectivity index (χ0v) is 7.42. The molecule has 0 saturated carbocycles. The van der Waals surface area contributed by atoms with E-state index >= 15 is 0 Å². The number of halogens is 1. The highest BCUT2D eigenvalue weighted by atomic mass is 79.9. The third kappa shape index (κ3) is 3.17. The number of ether oxygens (including phenoxy) is 1. The molecule has 0 aromatic carbocycles. The van der Waals surface area contributed by atoms with Crippen molar-refractivity contribution in [1.82, 2.24) is 9.97 Å². The molecule has 0 saturated heterocycles.